The van der Waals surface area contributed by atoms with Gasteiger partial charge in [0.1, 0.15) is 0 Å². The van der Waals surface area contributed by atoms with Crippen molar-refractivity contribution in [3.8, 4) is 0 Å². The van der Waals surface area contributed by atoms with Gasteiger partial charge in [-0.25, -0.2) is 10.9 Å². The lowest BCUT2D eigenvalue weighted by molar-refractivity contribution is -0.122. The number of nitrogens with zero attached hydrogens (tertiary/aromatic N) is 4. The van der Waals surface area contributed by atoms with Crippen molar-refractivity contribution < 1.29 is 9.59 Å². The molecule has 0 spiro atoms. The Labute approximate surface area is 265 Å². The molecular weight excluding hydrogens is 572 g/mol. The van der Waals surface area contributed by atoms with Crippen LogP contribution in [0, 0.1) is 0 Å². The second kappa shape index (κ2) is 12.9. The fraction of sp³-hybridized carbons (Fsp3) is 0.105. The highest BCUT2D eigenvalue weighted by Crippen LogP contribution is 2.30. The van der Waals surface area contributed by atoms with Crippen molar-refractivity contribution in [2.24, 2.45) is 10.2 Å². The molecule has 0 aliphatic heterocycles. The monoisotopic (exact) mass is 604 g/mol. The molecule has 8 nitrogen and oxygen atoms in total. The van der Waals surface area contributed by atoms with Crippen LogP contribution in [0.2, 0.25) is 0 Å². The lowest BCUT2D eigenvalue weighted by Crippen LogP contribution is -2.19. The van der Waals surface area contributed by atoms with Crippen molar-refractivity contribution in [2.75, 3.05) is 0 Å². The maximum atomic E-state index is 12.6. The summed E-state index contributed by atoms with van der Waals surface area (Å²) >= 11 is 0. The third kappa shape index (κ3) is 5.88. The molecule has 0 radical (unpaired) electrons. The summed E-state index contributed by atoms with van der Waals surface area (Å²) < 4.78 is 4.37. The van der Waals surface area contributed by atoms with Gasteiger partial charge in [0.15, 0.2) is 0 Å². The number of amides is 2. The van der Waals surface area contributed by atoms with Gasteiger partial charge in [-0.05, 0) is 35.4 Å². The van der Waals surface area contributed by atoms with E-state index in [-0.39, 0.29) is 11.8 Å². The summed E-state index contributed by atoms with van der Waals surface area (Å²) in [5.41, 5.74) is 11.4. The molecular formula is C38H32N6O2. The smallest absolute Gasteiger partial charge is 0.241 e. The number of hydrogen-bond acceptors (Lipinski definition) is 4. The second-order valence-electron chi connectivity index (χ2n) is 11.1. The van der Waals surface area contributed by atoms with Gasteiger partial charge in [-0.15, -0.1) is 0 Å². The van der Waals surface area contributed by atoms with E-state index in [4.69, 9.17) is 0 Å². The number of rotatable bonds is 10. The van der Waals surface area contributed by atoms with Crippen LogP contribution in [0.1, 0.15) is 24.0 Å². The molecule has 0 bridgehead atoms. The van der Waals surface area contributed by atoms with E-state index in [0.717, 1.165) is 33.2 Å². The number of para-hydroxylation sites is 4. The van der Waals surface area contributed by atoms with Crippen LogP contribution in [0.3, 0.4) is 0 Å². The van der Waals surface area contributed by atoms with Gasteiger partial charge in [0.2, 0.25) is 11.8 Å². The van der Waals surface area contributed by atoms with Crippen molar-refractivity contribution in [3.63, 3.8) is 0 Å². The van der Waals surface area contributed by atoms with Gasteiger partial charge in [-0.3, -0.25) is 9.59 Å². The number of nitrogens with one attached hydrogen (secondary N) is 2. The molecule has 2 amide bonds. The molecule has 2 aromatic heterocycles. The van der Waals surface area contributed by atoms with Crippen molar-refractivity contribution in [1.29, 1.82) is 0 Å². The summed E-state index contributed by atoms with van der Waals surface area (Å²) in [4.78, 5) is 25.1. The molecule has 0 atom stereocenters. The lowest BCUT2D eigenvalue weighted by atomic mass is 10.2. The first-order valence-corrected chi connectivity index (χ1v) is 15.3. The highest BCUT2D eigenvalue weighted by Gasteiger charge is 2.12. The SMILES string of the molecule is O=C(CCn1c2ccccc2c2ccccc21)N/N=C/c1ccc(/C=N/NC(=O)CCn2c3ccccc3c3ccccc32)cc1. The quantitative estimate of drug-likeness (QED) is 0.130. The Kier molecular flexibility index (Phi) is 8.07. The van der Waals surface area contributed by atoms with Crippen LogP contribution in [0.25, 0.3) is 43.6 Å². The normalized spacial score (nSPS) is 11.8. The van der Waals surface area contributed by atoms with E-state index in [2.05, 4.69) is 78.7 Å². The van der Waals surface area contributed by atoms with E-state index in [1.807, 2.05) is 72.8 Å². The fourth-order valence-corrected chi connectivity index (χ4v) is 6.05. The van der Waals surface area contributed by atoms with E-state index in [9.17, 15) is 9.59 Å². The molecule has 8 heteroatoms. The number of hydrazone groups is 2. The van der Waals surface area contributed by atoms with Gasteiger partial charge in [-0.2, -0.15) is 10.2 Å². The highest BCUT2D eigenvalue weighted by molar-refractivity contribution is 6.09. The molecule has 7 rings (SSSR count). The summed E-state index contributed by atoms with van der Waals surface area (Å²) in [7, 11) is 0. The number of benzene rings is 5. The van der Waals surface area contributed by atoms with Gasteiger partial charge in [0.25, 0.3) is 0 Å². The summed E-state index contributed by atoms with van der Waals surface area (Å²) in [6.45, 7) is 1.11. The van der Waals surface area contributed by atoms with Gasteiger partial charge in [0.05, 0.1) is 12.4 Å². The van der Waals surface area contributed by atoms with Crippen molar-refractivity contribution in [1.82, 2.24) is 20.0 Å². The maximum absolute atomic E-state index is 12.6. The molecule has 0 saturated carbocycles. The van der Waals surface area contributed by atoms with Gasteiger partial charge in [-0.1, -0.05) is 97.1 Å². The predicted molar refractivity (Wildman–Crippen MR) is 186 cm³/mol. The molecule has 5 aromatic carbocycles. The van der Waals surface area contributed by atoms with Crippen LogP contribution >= 0.6 is 0 Å². The van der Waals surface area contributed by atoms with Gasteiger partial charge >= 0.3 is 0 Å². The van der Waals surface area contributed by atoms with Crippen LogP contribution in [0.15, 0.2) is 132 Å². The Morgan fingerprint density at radius 3 is 1.11 bits per heavy atom. The van der Waals surface area contributed by atoms with Crippen molar-refractivity contribution in [3.05, 3.63) is 132 Å². The first-order valence-electron chi connectivity index (χ1n) is 15.3. The highest BCUT2D eigenvalue weighted by atomic mass is 16.2. The standard InChI is InChI=1S/C38H32N6O2/c45-37(21-23-43-33-13-5-1-9-29(33)30-10-2-6-14-34(30)43)41-39-25-27-17-19-28(20-18-27)26-40-42-38(46)22-24-44-35-15-7-3-11-31(35)32-12-4-8-16-36(32)44/h1-20,25-26H,21-24H2,(H,41,45)(H,42,46)/b39-25+,40-26+. The summed E-state index contributed by atoms with van der Waals surface area (Å²) in [5.74, 6) is -0.313. The van der Waals surface area contributed by atoms with Crippen LogP contribution in [0.4, 0.5) is 0 Å². The maximum Gasteiger partial charge on any atom is 0.241 e. The average Bonchev–Trinajstić information content (AvgIpc) is 3.59. The Hall–Kier alpha value is -6.02. The number of aromatic nitrogens is 2. The van der Waals surface area contributed by atoms with Gasteiger partial charge < -0.3 is 9.13 Å². The Morgan fingerprint density at radius 2 is 0.783 bits per heavy atom. The lowest BCUT2D eigenvalue weighted by Gasteiger charge is -2.07. The topological polar surface area (TPSA) is 92.8 Å². The average molecular weight is 605 g/mol. The van der Waals surface area contributed by atoms with E-state index < -0.39 is 0 Å². The minimum absolute atomic E-state index is 0.157. The largest absolute Gasteiger partial charge is 0.340 e. The number of fused-ring (bicyclic) bond motifs is 6. The number of carbonyl (C=O) groups is 2. The zero-order valence-corrected chi connectivity index (χ0v) is 25.1. The Balaban J connectivity index is 0.892. The molecule has 0 aliphatic carbocycles. The van der Waals surface area contributed by atoms with Gasteiger partial charge in [0, 0.05) is 69.5 Å². The minimum Gasteiger partial charge on any atom is -0.340 e. The third-order valence-electron chi connectivity index (χ3n) is 8.23. The molecule has 7 aromatic rings. The van der Waals surface area contributed by atoms with E-state index in [1.165, 1.54) is 21.5 Å². The van der Waals surface area contributed by atoms with Crippen molar-refractivity contribution >= 4 is 67.9 Å². The van der Waals surface area contributed by atoms with Crippen LogP contribution in [-0.4, -0.2) is 33.4 Å². The zero-order chi connectivity index (χ0) is 31.3. The molecule has 0 fully saturated rings. The number of carbonyl (C=O) groups excluding carboxylic acids is 2. The first-order chi connectivity index (χ1) is 22.7. The van der Waals surface area contributed by atoms with Crippen molar-refractivity contribution in [2.45, 2.75) is 25.9 Å². The molecule has 2 N–H and O–H groups in total. The predicted octanol–water partition coefficient (Wildman–Crippen LogP) is 6.98. The van der Waals surface area contributed by atoms with Crippen LogP contribution in [-0.2, 0) is 22.7 Å². The molecule has 0 saturated heterocycles. The van der Waals surface area contributed by atoms with E-state index in [1.54, 1.807) is 12.4 Å². The minimum atomic E-state index is -0.157. The molecule has 226 valence electrons. The fourth-order valence-electron chi connectivity index (χ4n) is 6.05. The molecule has 0 aliphatic rings. The Bertz CT molecular complexity index is 1990. The summed E-state index contributed by atoms with van der Waals surface area (Å²) in [5, 5.41) is 13.0. The summed E-state index contributed by atoms with van der Waals surface area (Å²) in [6, 6.07) is 40.5. The zero-order valence-electron chi connectivity index (χ0n) is 25.1. The number of hydrogen-bond donors (Lipinski definition) is 2. The Morgan fingerprint density at radius 1 is 0.478 bits per heavy atom. The second-order valence-corrected chi connectivity index (χ2v) is 11.1. The van der Waals surface area contributed by atoms with E-state index >= 15 is 0 Å². The number of aryl methyl sites for hydroxylation is 2. The molecule has 46 heavy (non-hydrogen) atoms. The van der Waals surface area contributed by atoms with E-state index in [0.29, 0.717) is 25.9 Å². The van der Waals surface area contributed by atoms with Crippen LogP contribution in [0.5, 0.6) is 0 Å². The molecule has 2 heterocycles. The molecule has 0 unspecified atom stereocenters. The van der Waals surface area contributed by atoms with Crippen LogP contribution < -0.4 is 10.9 Å². The third-order valence-corrected chi connectivity index (χ3v) is 8.23. The first kappa shape index (κ1) is 28.7. The summed E-state index contributed by atoms with van der Waals surface area (Å²) in [6.07, 6.45) is 3.82.